The summed E-state index contributed by atoms with van der Waals surface area (Å²) in [5, 5.41) is 7.89. The average Bonchev–Trinajstić information content (AvgIpc) is 2.86. The molecule has 1 aliphatic heterocycles. The summed E-state index contributed by atoms with van der Waals surface area (Å²) in [6.45, 7) is 5.31. The fraction of sp³-hybridized carbons (Fsp3) is 0.263. The molecule has 0 amide bonds. The number of anilines is 1. The quantitative estimate of drug-likeness (QED) is 0.497. The Kier molecular flexibility index (Phi) is 5.50. The van der Waals surface area contributed by atoms with Crippen LogP contribution in [0.4, 0.5) is 5.69 Å². The molecule has 0 unspecified atom stereocenters. The number of ether oxygens (including phenoxy) is 2. The van der Waals surface area contributed by atoms with Crippen molar-refractivity contribution in [2.75, 3.05) is 18.5 Å². The molecule has 2 aromatic carbocycles. The van der Waals surface area contributed by atoms with Crippen molar-refractivity contribution >= 4 is 28.7 Å². The van der Waals surface area contributed by atoms with Crippen LogP contribution in [0.3, 0.4) is 0 Å². The third-order valence-electron chi connectivity index (χ3n) is 3.80. The zero-order chi connectivity index (χ0) is 17.6. The molecular formula is C19H21N3O2S. The van der Waals surface area contributed by atoms with Gasteiger partial charge in [-0.15, -0.1) is 0 Å². The highest BCUT2D eigenvalue weighted by atomic mass is 32.1. The molecule has 0 spiro atoms. The Morgan fingerprint density at radius 3 is 2.52 bits per heavy atom. The van der Waals surface area contributed by atoms with Crippen LogP contribution in [0.25, 0.3) is 0 Å². The van der Waals surface area contributed by atoms with Gasteiger partial charge < -0.3 is 14.8 Å². The van der Waals surface area contributed by atoms with Gasteiger partial charge in [-0.05, 0) is 56.4 Å². The molecule has 0 fully saturated rings. The van der Waals surface area contributed by atoms with Gasteiger partial charge in [0.1, 0.15) is 0 Å². The molecule has 0 aromatic heterocycles. The first kappa shape index (κ1) is 17.2. The monoisotopic (exact) mass is 355 g/mol. The van der Waals surface area contributed by atoms with E-state index in [4.69, 9.17) is 21.7 Å². The van der Waals surface area contributed by atoms with Crippen molar-refractivity contribution in [3.8, 4) is 11.5 Å². The number of hydrogen-bond acceptors (Lipinski definition) is 4. The normalized spacial score (nSPS) is 13.8. The number of benzene rings is 2. The minimum Gasteiger partial charge on any atom is -0.490 e. The van der Waals surface area contributed by atoms with Gasteiger partial charge >= 0.3 is 0 Å². The highest BCUT2D eigenvalue weighted by Crippen LogP contribution is 2.30. The van der Waals surface area contributed by atoms with Gasteiger partial charge in [0.15, 0.2) is 16.6 Å². The van der Waals surface area contributed by atoms with Gasteiger partial charge in [0.2, 0.25) is 0 Å². The lowest BCUT2D eigenvalue weighted by atomic mass is 10.1. The van der Waals surface area contributed by atoms with Crippen LogP contribution < -0.4 is 20.2 Å². The third kappa shape index (κ3) is 4.70. The summed E-state index contributed by atoms with van der Waals surface area (Å²) >= 11 is 5.28. The molecule has 3 rings (SSSR count). The standard InChI is InChI=1S/C19H21N3O2S/c1-13-4-7-16(8-5-13)20-19(25)22-21-14(2)15-6-9-17-18(12-15)24-11-3-10-23-17/h4-9,12H,3,10-11H2,1-2H3,(H2,20,22,25). The Balaban J connectivity index is 1.64. The van der Waals surface area contributed by atoms with Crippen molar-refractivity contribution in [1.82, 2.24) is 5.43 Å². The first-order valence-corrected chi connectivity index (χ1v) is 8.60. The molecule has 2 aromatic rings. The van der Waals surface area contributed by atoms with E-state index in [1.54, 1.807) is 0 Å². The van der Waals surface area contributed by atoms with E-state index in [1.165, 1.54) is 5.56 Å². The molecule has 130 valence electrons. The van der Waals surface area contributed by atoms with Crippen LogP contribution >= 0.6 is 12.2 Å². The van der Waals surface area contributed by atoms with Crippen LogP contribution in [-0.2, 0) is 0 Å². The first-order valence-electron chi connectivity index (χ1n) is 8.20. The number of nitrogens with one attached hydrogen (secondary N) is 2. The molecule has 6 heteroatoms. The number of aryl methyl sites for hydroxylation is 1. The molecule has 0 bridgehead atoms. The van der Waals surface area contributed by atoms with Crippen LogP contribution in [0.5, 0.6) is 11.5 Å². The lowest BCUT2D eigenvalue weighted by Crippen LogP contribution is -2.24. The second-order valence-corrected chi connectivity index (χ2v) is 6.25. The van der Waals surface area contributed by atoms with Gasteiger partial charge in [0.25, 0.3) is 0 Å². The zero-order valence-electron chi connectivity index (χ0n) is 14.3. The zero-order valence-corrected chi connectivity index (χ0v) is 15.2. The lowest BCUT2D eigenvalue weighted by Gasteiger charge is -2.10. The fourth-order valence-electron chi connectivity index (χ4n) is 2.38. The van der Waals surface area contributed by atoms with E-state index < -0.39 is 0 Å². The summed E-state index contributed by atoms with van der Waals surface area (Å²) in [6.07, 6.45) is 0.886. The lowest BCUT2D eigenvalue weighted by molar-refractivity contribution is 0.297. The number of thiocarbonyl (C=S) groups is 1. The van der Waals surface area contributed by atoms with Gasteiger partial charge in [-0.3, -0.25) is 5.43 Å². The maximum absolute atomic E-state index is 5.71. The number of fused-ring (bicyclic) bond motifs is 1. The summed E-state index contributed by atoms with van der Waals surface area (Å²) in [4.78, 5) is 0. The maximum atomic E-state index is 5.71. The van der Waals surface area contributed by atoms with Crippen LogP contribution in [-0.4, -0.2) is 24.0 Å². The topological polar surface area (TPSA) is 54.9 Å². The molecule has 5 nitrogen and oxygen atoms in total. The Labute approximate surface area is 153 Å². The molecule has 0 atom stereocenters. The summed E-state index contributed by atoms with van der Waals surface area (Å²) < 4.78 is 11.4. The fourth-order valence-corrected chi connectivity index (χ4v) is 2.55. The summed E-state index contributed by atoms with van der Waals surface area (Å²) in [5.74, 6) is 1.53. The van der Waals surface area contributed by atoms with E-state index in [0.717, 1.165) is 34.9 Å². The minimum atomic E-state index is 0.442. The molecule has 0 saturated carbocycles. The molecule has 0 aliphatic carbocycles. The Hall–Kier alpha value is -2.60. The van der Waals surface area contributed by atoms with Gasteiger partial charge in [-0.2, -0.15) is 5.10 Å². The van der Waals surface area contributed by atoms with Crippen molar-refractivity contribution in [3.63, 3.8) is 0 Å². The molecule has 0 saturated heterocycles. The van der Waals surface area contributed by atoms with Gasteiger partial charge in [-0.25, -0.2) is 0 Å². The molecule has 0 radical (unpaired) electrons. The molecule has 1 aliphatic rings. The maximum Gasteiger partial charge on any atom is 0.191 e. The van der Waals surface area contributed by atoms with Gasteiger partial charge in [-0.1, -0.05) is 17.7 Å². The molecular weight excluding hydrogens is 334 g/mol. The predicted octanol–water partition coefficient (Wildman–Crippen LogP) is 3.87. The van der Waals surface area contributed by atoms with Crippen molar-refractivity contribution in [1.29, 1.82) is 0 Å². The first-order chi connectivity index (χ1) is 12.1. The highest BCUT2D eigenvalue weighted by molar-refractivity contribution is 7.80. The van der Waals surface area contributed by atoms with Crippen LogP contribution in [0.15, 0.2) is 47.6 Å². The molecule has 25 heavy (non-hydrogen) atoms. The predicted molar refractivity (Wildman–Crippen MR) is 105 cm³/mol. The van der Waals surface area contributed by atoms with Crippen molar-refractivity contribution in [3.05, 3.63) is 53.6 Å². The molecule has 1 heterocycles. The second-order valence-electron chi connectivity index (χ2n) is 5.84. The van der Waals surface area contributed by atoms with Crippen molar-refractivity contribution in [2.45, 2.75) is 20.3 Å². The number of hydrogen-bond donors (Lipinski definition) is 2. The smallest absolute Gasteiger partial charge is 0.191 e. The number of rotatable bonds is 3. The van der Waals surface area contributed by atoms with E-state index >= 15 is 0 Å². The van der Waals surface area contributed by atoms with Crippen molar-refractivity contribution in [2.24, 2.45) is 5.10 Å². The van der Waals surface area contributed by atoms with Gasteiger partial charge in [0.05, 0.1) is 18.9 Å². The van der Waals surface area contributed by atoms with E-state index in [2.05, 4.69) is 15.8 Å². The SMILES string of the molecule is CC(=NNC(=S)Nc1ccc(C)cc1)c1ccc2c(c1)OCCCO2. The summed E-state index contributed by atoms with van der Waals surface area (Å²) in [5.41, 5.74) is 6.76. The highest BCUT2D eigenvalue weighted by Gasteiger charge is 2.11. The van der Waals surface area contributed by atoms with Crippen molar-refractivity contribution < 1.29 is 9.47 Å². The van der Waals surface area contributed by atoms with Gasteiger partial charge in [0, 0.05) is 17.7 Å². The Morgan fingerprint density at radius 1 is 1.04 bits per heavy atom. The van der Waals surface area contributed by atoms with E-state index in [0.29, 0.717) is 18.3 Å². The van der Waals surface area contributed by atoms with E-state index in [-0.39, 0.29) is 0 Å². The van der Waals surface area contributed by atoms with E-state index in [9.17, 15) is 0 Å². The Bertz CT molecular complexity index is 788. The third-order valence-corrected chi connectivity index (χ3v) is 3.99. The Morgan fingerprint density at radius 2 is 1.76 bits per heavy atom. The minimum absolute atomic E-state index is 0.442. The number of nitrogens with zero attached hydrogens (tertiary/aromatic N) is 1. The largest absolute Gasteiger partial charge is 0.490 e. The van der Waals surface area contributed by atoms with Crippen LogP contribution in [0.1, 0.15) is 24.5 Å². The summed E-state index contributed by atoms with van der Waals surface area (Å²) in [7, 11) is 0. The van der Waals surface area contributed by atoms with E-state index in [1.807, 2.05) is 56.3 Å². The van der Waals surface area contributed by atoms with Crippen LogP contribution in [0.2, 0.25) is 0 Å². The number of hydrazone groups is 1. The second kappa shape index (κ2) is 7.98. The van der Waals surface area contributed by atoms with Crippen LogP contribution in [0, 0.1) is 6.92 Å². The molecule has 2 N–H and O–H groups in total. The average molecular weight is 355 g/mol. The summed E-state index contributed by atoms with van der Waals surface area (Å²) in [6, 6.07) is 13.8.